The van der Waals surface area contributed by atoms with Crippen molar-refractivity contribution in [2.24, 2.45) is 5.10 Å². The van der Waals surface area contributed by atoms with Gasteiger partial charge in [0, 0.05) is 36.9 Å². The molecule has 1 aliphatic rings. The van der Waals surface area contributed by atoms with E-state index in [9.17, 15) is 14.9 Å². The maximum atomic E-state index is 12.0. The summed E-state index contributed by atoms with van der Waals surface area (Å²) in [6.07, 6.45) is 3.66. The Bertz CT molecular complexity index is 827. The van der Waals surface area contributed by atoms with Gasteiger partial charge in [0.25, 0.3) is 11.6 Å². The molecule has 9 heteroatoms. The van der Waals surface area contributed by atoms with Gasteiger partial charge in [0.15, 0.2) is 5.76 Å². The molecule has 0 spiro atoms. The lowest BCUT2D eigenvalue weighted by molar-refractivity contribution is -0.384. The van der Waals surface area contributed by atoms with Crippen molar-refractivity contribution in [3.05, 3.63) is 56.2 Å². The molecule has 1 saturated heterocycles. The molecule has 1 amide bonds. The van der Waals surface area contributed by atoms with Crippen molar-refractivity contribution in [2.45, 2.75) is 12.8 Å². The Kier molecular flexibility index (Phi) is 5.13. The van der Waals surface area contributed by atoms with Crippen molar-refractivity contribution in [3.8, 4) is 0 Å². The molecule has 0 bridgehead atoms. The zero-order chi connectivity index (χ0) is 17.8. The van der Waals surface area contributed by atoms with Crippen LogP contribution in [0.15, 0.2) is 44.3 Å². The van der Waals surface area contributed by atoms with Crippen molar-refractivity contribution < 1.29 is 14.1 Å². The Hall–Kier alpha value is -2.68. The predicted octanol–water partition coefficient (Wildman–Crippen LogP) is 3.31. The Morgan fingerprint density at radius 2 is 2.12 bits per heavy atom. The summed E-state index contributed by atoms with van der Waals surface area (Å²) in [5, 5.41) is 14.6. The lowest BCUT2D eigenvalue weighted by Gasteiger charge is -2.13. The van der Waals surface area contributed by atoms with E-state index >= 15 is 0 Å². The summed E-state index contributed by atoms with van der Waals surface area (Å²) in [7, 11) is 0. The topological polar surface area (TPSA) is 101 Å². The van der Waals surface area contributed by atoms with E-state index in [0.717, 1.165) is 36.3 Å². The number of carbonyl (C=O) groups excluding carboxylic acids is 1. The standard InChI is InChI=1S/C16H15BrN4O4/c17-14-9-13(25-16(14)20-6-1-2-7-20)10-18-19-15(22)11-4-3-5-12(8-11)21(23)24/h3-5,8-10H,1-2,6-7H2,(H,19,22)/b18-10-. The highest BCUT2D eigenvalue weighted by Crippen LogP contribution is 2.31. The zero-order valence-corrected chi connectivity index (χ0v) is 14.7. The van der Waals surface area contributed by atoms with Crippen molar-refractivity contribution in [1.82, 2.24) is 5.43 Å². The summed E-state index contributed by atoms with van der Waals surface area (Å²) in [4.78, 5) is 24.3. The summed E-state index contributed by atoms with van der Waals surface area (Å²) >= 11 is 3.46. The minimum Gasteiger partial charge on any atom is -0.438 e. The summed E-state index contributed by atoms with van der Waals surface area (Å²) in [6, 6.07) is 7.21. The molecule has 8 nitrogen and oxygen atoms in total. The third-order valence-corrected chi connectivity index (χ3v) is 4.33. The first-order valence-electron chi connectivity index (χ1n) is 7.67. The van der Waals surface area contributed by atoms with Crippen LogP contribution in [0.4, 0.5) is 11.6 Å². The number of furan rings is 1. The molecule has 25 heavy (non-hydrogen) atoms. The Morgan fingerprint density at radius 1 is 1.36 bits per heavy atom. The fourth-order valence-corrected chi connectivity index (χ4v) is 3.11. The van der Waals surface area contributed by atoms with Crippen LogP contribution >= 0.6 is 15.9 Å². The first kappa shape index (κ1) is 17.2. The zero-order valence-electron chi connectivity index (χ0n) is 13.1. The number of halogens is 1. The molecule has 1 aromatic carbocycles. The van der Waals surface area contributed by atoms with Gasteiger partial charge >= 0.3 is 0 Å². The number of benzene rings is 1. The Morgan fingerprint density at radius 3 is 2.84 bits per heavy atom. The van der Waals surface area contributed by atoms with Gasteiger partial charge in [0.1, 0.15) is 0 Å². The first-order chi connectivity index (χ1) is 12.0. The molecule has 0 unspecified atom stereocenters. The van der Waals surface area contributed by atoms with E-state index in [0.29, 0.717) is 5.76 Å². The van der Waals surface area contributed by atoms with Gasteiger partial charge in [-0.2, -0.15) is 5.10 Å². The van der Waals surface area contributed by atoms with E-state index in [-0.39, 0.29) is 11.3 Å². The van der Waals surface area contributed by atoms with Crippen molar-refractivity contribution >= 4 is 39.6 Å². The average Bonchev–Trinajstić information content (AvgIpc) is 3.24. The molecule has 0 radical (unpaired) electrons. The lowest BCUT2D eigenvalue weighted by Crippen LogP contribution is -2.17. The van der Waals surface area contributed by atoms with Crippen LogP contribution in [-0.2, 0) is 0 Å². The lowest BCUT2D eigenvalue weighted by atomic mass is 10.2. The van der Waals surface area contributed by atoms with E-state index in [1.807, 2.05) is 0 Å². The van der Waals surface area contributed by atoms with Gasteiger partial charge in [-0.25, -0.2) is 5.43 Å². The molecule has 1 aliphatic heterocycles. The first-order valence-corrected chi connectivity index (χ1v) is 8.46. The van der Waals surface area contributed by atoms with Crippen LogP contribution in [0.25, 0.3) is 0 Å². The van der Waals surface area contributed by atoms with Gasteiger partial charge in [0.2, 0.25) is 5.88 Å². The number of rotatable bonds is 5. The number of hydrogen-bond donors (Lipinski definition) is 1. The number of nitro benzene ring substituents is 1. The number of nitrogens with one attached hydrogen (secondary N) is 1. The maximum Gasteiger partial charge on any atom is 0.271 e. The molecule has 2 aromatic rings. The fraction of sp³-hybridized carbons (Fsp3) is 0.250. The van der Waals surface area contributed by atoms with Crippen LogP contribution in [-0.4, -0.2) is 30.1 Å². The second kappa shape index (κ2) is 7.47. The summed E-state index contributed by atoms with van der Waals surface area (Å²) in [6.45, 7) is 1.90. The SMILES string of the molecule is O=C(N/N=C\c1cc(Br)c(N2CCCC2)o1)c1cccc([N+](=O)[O-])c1. The number of carbonyl (C=O) groups is 1. The van der Waals surface area contributed by atoms with Gasteiger partial charge in [-0.1, -0.05) is 6.07 Å². The number of nitro groups is 1. The van der Waals surface area contributed by atoms with Crippen LogP contribution in [0.1, 0.15) is 29.0 Å². The van der Waals surface area contributed by atoms with Crippen LogP contribution < -0.4 is 10.3 Å². The number of hydrazone groups is 1. The van der Waals surface area contributed by atoms with Crippen molar-refractivity contribution in [3.63, 3.8) is 0 Å². The second-order valence-corrected chi connectivity index (χ2v) is 6.36. The van der Waals surface area contributed by atoms with E-state index in [2.05, 4.69) is 31.4 Å². The quantitative estimate of drug-likeness (QED) is 0.466. The minimum atomic E-state index is -0.555. The summed E-state index contributed by atoms with van der Waals surface area (Å²) in [5.74, 6) is 0.711. The molecular weight excluding hydrogens is 392 g/mol. The summed E-state index contributed by atoms with van der Waals surface area (Å²) in [5.41, 5.74) is 2.34. The number of anilines is 1. The van der Waals surface area contributed by atoms with Crippen LogP contribution in [0.5, 0.6) is 0 Å². The van der Waals surface area contributed by atoms with E-state index in [1.54, 1.807) is 6.07 Å². The van der Waals surface area contributed by atoms with Crippen molar-refractivity contribution in [1.29, 1.82) is 0 Å². The molecule has 130 valence electrons. The highest BCUT2D eigenvalue weighted by atomic mass is 79.9. The number of nitrogens with zero attached hydrogens (tertiary/aromatic N) is 3. The molecule has 2 heterocycles. The second-order valence-electron chi connectivity index (χ2n) is 5.50. The molecule has 1 N–H and O–H groups in total. The Balaban J connectivity index is 1.65. The van der Waals surface area contributed by atoms with E-state index in [1.165, 1.54) is 30.5 Å². The molecule has 1 aromatic heterocycles. The highest BCUT2D eigenvalue weighted by molar-refractivity contribution is 9.10. The molecule has 0 aliphatic carbocycles. The van der Waals surface area contributed by atoms with Gasteiger partial charge < -0.3 is 9.32 Å². The number of hydrogen-bond acceptors (Lipinski definition) is 6. The third kappa shape index (κ3) is 4.05. The van der Waals surface area contributed by atoms with Crippen LogP contribution in [0, 0.1) is 10.1 Å². The Labute approximate surface area is 151 Å². The van der Waals surface area contributed by atoms with Crippen molar-refractivity contribution in [2.75, 3.05) is 18.0 Å². The molecular formula is C16H15BrN4O4. The van der Waals surface area contributed by atoms with E-state index in [4.69, 9.17) is 4.42 Å². The predicted molar refractivity (Wildman–Crippen MR) is 96.0 cm³/mol. The van der Waals surface area contributed by atoms with Gasteiger partial charge in [-0.15, -0.1) is 0 Å². The van der Waals surface area contributed by atoms with E-state index < -0.39 is 10.8 Å². The summed E-state index contributed by atoms with van der Waals surface area (Å²) < 4.78 is 6.56. The van der Waals surface area contributed by atoms with Gasteiger partial charge in [-0.3, -0.25) is 14.9 Å². The van der Waals surface area contributed by atoms with Gasteiger partial charge in [-0.05, 0) is 34.8 Å². The fourth-order valence-electron chi connectivity index (χ4n) is 2.56. The third-order valence-electron chi connectivity index (χ3n) is 3.76. The largest absolute Gasteiger partial charge is 0.438 e. The average molecular weight is 407 g/mol. The maximum absolute atomic E-state index is 12.0. The van der Waals surface area contributed by atoms with Crippen LogP contribution in [0.2, 0.25) is 0 Å². The molecule has 0 saturated carbocycles. The normalized spacial score (nSPS) is 14.2. The molecule has 1 fully saturated rings. The minimum absolute atomic E-state index is 0.151. The van der Waals surface area contributed by atoms with Gasteiger partial charge in [0.05, 0.1) is 15.6 Å². The smallest absolute Gasteiger partial charge is 0.271 e. The molecule has 3 rings (SSSR count). The highest BCUT2D eigenvalue weighted by Gasteiger charge is 2.19. The molecule has 0 atom stereocenters. The monoisotopic (exact) mass is 406 g/mol. The number of non-ortho nitro benzene ring substituents is 1. The number of amides is 1. The van der Waals surface area contributed by atoms with Crippen LogP contribution in [0.3, 0.4) is 0 Å².